The smallest absolute Gasteiger partial charge is 0.339 e. The fraction of sp³-hybridized carbons (Fsp3) is 0.250. The maximum absolute atomic E-state index is 11.2. The van der Waals surface area contributed by atoms with E-state index in [1.165, 1.54) is 16.4 Å². The fourth-order valence-electron chi connectivity index (χ4n) is 1.49. The number of nitrogens with two attached hydrogens (primary N) is 1. The van der Waals surface area contributed by atoms with E-state index in [1.807, 2.05) is 12.1 Å². The van der Waals surface area contributed by atoms with Crippen LogP contribution >= 0.6 is 11.8 Å². The summed E-state index contributed by atoms with van der Waals surface area (Å²) in [6, 6.07) is 7.14. The van der Waals surface area contributed by atoms with Crippen molar-refractivity contribution < 1.29 is 4.74 Å². The van der Waals surface area contributed by atoms with E-state index in [2.05, 4.69) is 10.1 Å². The summed E-state index contributed by atoms with van der Waals surface area (Å²) < 4.78 is 6.93. The summed E-state index contributed by atoms with van der Waals surface area (Å²) in [5, 5.41) is 2.82. The number of aromatic nitrogens is 3. The van der Waals surface area contributed by atoms with Crippen molar-refractivity contribution in [3.8, 4) is 5.75 Å². The highest BCUT2D eigenvalue weighted by Crippen LogP contribution is 2.16. The topological polar surface area (TPSA) is 103 Å². The Kier molecular flexibility index (Phi) is 4.46. The molecule has 7 nitrogen and oxygen atoms in total. The molecule has 106 valence electrons. The molecule has 0 spiro atoms. The fourth-order valence-corrected chi connectivity index (χ4v) is 2.22. The molecular weight excluding hydrogens is 280 g/mol. The van der Waals surface area contributed by atoms with Crippen LogP contribution in [0.15, 0.2) is 39.0 Å². The average Bonchev–Trinajstić information content (AvgIpc) is 2.40. The Labute approximate surface area is 118 Å². The molecule has 2 rings (SSSR count). The van der Waals surface area contributed by atoms with Gasteiger partial charge in [0.2, 0.25) is 0 Å². The Bertz CT molecular complexity index is 710. The zero-order valence-electron chi connectivity index (χ0n) is 10.8. The minimum absolute atomic E-state index is 0.434. The van der Waals surface area contributed by atoms with Gasteiger partial charge in [0.05, 0.1) is 6.61 Å². The first kappa shape index (κ1) is 14.2. The number of hydrogen-bond acceptors (Lipinski definition) is 6. The number of aromatic amines is 1. The van der Waals surface area contributed by atoms with Crippen LogP contribution in [0.25, 0.3) is 0 Å². The van der Waals surface area contributed by atoms with Crippen LogP contribution in [0, 0.1) is 0 Å². The van der Waals surface area contributed by atoms with Gasteiger partial charge in [0.15, 0.2) is 5.16 Å². The molecule has 1 heterocycles. The molecule has 20 heavy (non-hydrogen) atoms. The summed E-state index contributed by atoms with van der Waals surface area (Å²) in [5.74, 6) is 1.27. The van der Waals surface area contributed by atoms with Crippen molar-refractivity contribution in [3.05, 3.63) is 45.0 Å². The molecule has 0 fully saturated rings. The Morgan fingerprint density at radius 1 is 1.45 bits per heavy atom. The number of ether oxygens (including phenoxy) is 1. The maximum atomic E-state index is 11.2. The van der Waals surface area contributed by atoms with Crippen LogP contribution in [0.4, 0.5) is 5.69 Å². The molecule has 3 N–H and O–H groups in total. The summed E-state index contributed by atoms with van der Waals surface area (Å²) in [6.07, 6.45) is 0. The first-order valence-electron chi connectivity index (χ1n) is 5.85. The predicted octanol–water partition coefficient (Wildman–Crippen LogP) is 0.222. The van der Waals surface area contributed by atoms with Gasteiger partial charge in [-0.25, -0.2) is 0 Å². The Hall–Kier alpha value is -2.22. The number of benzene rings is 1. The van der Waals surface area contributed by atoms with Gasteiger partial charge in [0.1, 0.15) is 5.75 Å². The lowest BCUT2D eigenvalue weighted by Crippen LogP contribution is -2.33. The average molecular weight is 294 g/mol. The molecular formula is C12H14N4O3S. The van der Waals surface area contributed by atoms with Gasteiger partial charge in [-0.1, -0.05) is 17.8 Å². The van der Waals surface area contributed by atoms with E-state index in [-0.39, 0.29) is 0 Å². The van der Waals surface area contributed by atoms with Gasteiger partial charge < -0.3 is 10.5 Å². The Morgan fingerprint density at radius 2 is 2.25 bits per heavy atom. The second-order valence-corrected chi connectivity index (χ2v) is 5.03. The molecule has 0 bridgehead atoms. The molecule has 0 unspecified atom stereocenters. The SMILES string of the molecule is Cn1[nH]c(=O)c(=O)nc1SCCOc1cccc(N)c1. The largest absolute Gasteiger partial charge is 0.493 e. The molecule has 0 saturated carbocycles. The van der Waals surface area contributed by atoms with Gasteiger partial charge in [-0.2, -0.15) is 4.98 Å². The van der Waals surface area contributed by atoms with Crippen molar-refractivity contribution in [1.82, 2.24) is 14.8 Å². The van der Waals surface area contributed by atoms with Gasteiger partial charge in [-0.15, -0.1) is 0 Å². The van der Waals surface area contributed by atoms with Crippen molar-refractivity contribution in [2.45, 2.75) is 5.16 Å². The molecule has 1 aromatic carbocycles. The van der Waals surface area contributed by atoms with Crippen molar-refractivity contribution in [2.24, 2.45) is 7.05 Å². The molecule has 0 aliphatic rings. The van der Waals surface area contributed by atoms with E-state index in [1.54, 1.807) is 19.2 Å². The third-order valence-corrected chi connectivity index (χ3v) is 3.38. The standard InChI is InChI=1S/C12H14N4O3S/c1-16-12(14-10(17)11(18)15-16)20-6-5-19-9-4-2-3-8(13)7-9/h2-4,7H,5-6,13H2,1H3,(H,15,18). The van der Waals surface area contributed by atoms with Gasteiger partial charge in [-0.05, 0) is 12.1 Å². The highest BCUT2D eigenvalue weighted by Gasteiger charge is 2.04. The van der Waals surface area contributed by atoms with E-state index in [4.69, 9.17) is 10.5 Å². The van der Waals surface area contributed by atoms with E-state index < -0.39 is 11.1 Å². The van der Waals surface area contributed by atoms with Crippen LogP contribution in [0.3, 0.4) is 0 Å². The summed E-state index contributed by atoms with van der Waals surface area (Å²) in [6.45, 7) is 0.434. The lowest BCUT2D eigenvalue weighted by molar-refractivity contribution is 0.344. The molecule has 0 aliphatic heterocycles. The van der Waals surface area contributed by atoms with Crippen LogP contribution in [-0.4, -0.2) is 27.1 Å². The number of nitrogens with zero attached hydrogens (tertiary/aromatic N) is 2. The predicted molar refractivity (Wildman–Crippen MR) is 77.2 cm³/mol. The summed E-state index contributed by atoms with van der Waals surface area (Å²) in [5.41, 5.74) is 4.76. The molecule has 1 aromatic heterocycles. The van der Waals surface area contributed by atoms with Crippen LogP contribution in [0.2, 0.25) is 0 Å². The number of hydrogen-bond donors (Lipinski definition) is 2. The highest BCUT2D eigenvalue weighted by atomic mass is 32.2. The van der Waals surface area contributed by atoms with Crippen molar-refractivity contribution in [3.63, 3.8) is 0 Å². The van der Waals surface area contributed by atoms with E-state index >= 15 is 0 Å². The number of aryl methyl sites for hydroxylation is 1. The van der Waals surface area contributed by atoms with E-state index in [0.717, 1.165) is 0 Å². The van der Waals surface area contributed by atoms with Crippen LogP contribution in [0.1, 0.15) is 0 Å². The van der Waals surface area contributed by atoms with Gasteiger partial charge in [-0.3, -0.25) is 19.4 Å². The van der Waals surface area contributed by atoms with Crippen LogP contribution in [-0.2, 0) is 7.05 Å². The van der Waals surface area contributed by atoms with Crippen LogP contribution < -0.4 is 21.6 Å². The first-order chi connectivity index (χ1) is 9.56. The third-order valence-electron chi connectivity index (χ3n) is 2.39. The van der Waals surface area contributed by atoms with Gasteiger partial charge in [0.25, 0.3) is 0 Å². The molecule has 0 saturated heterocycles. The number of anilines is 1. The third kappa shape index (κ3) is 3.64. The molecule has 0 atom stereocenters. The number of H-pyrrole nitrogens is 1. The summed E-state index contributed by atoms with van der Waals surface area (Å²) in [7, 11) is 1.62. The van der Waals surface area contributed by atoms with Crippen molar-refractivity contribution in [1.29, 1.82) is 0 Å². The van der Waals surface area contributed by atoms with Crippen molar-refractivity contribution in [2.75, 3.05) is 18.1 Å². The Balaban J connectivity index is 1.89. The maximum Gasteiger partial charge on any atom is 0.339 e. The first-order valence-corrected chi connectivity index (χ1v) is 6.83. The second-order valence-electron chi connectivity index (χ2n) is 3.97. The summed E-state index contributed by atoms with van der Waals surface area (Å²) in [4.78, 5) is 25.9. The number of nitrogens with one attached hydrogen (secondary N) is 1. The van der Waals surface area contributed by atoms with Crippen molar-refractivity contribution >= 4 is 17.4 Å². The molecule has 2 aromatic rings. The van der Waals surface area contributed by atoms with E-state index in [9.17, 15) is 9.59 Å². The lowest BCUT2D eigenvalue weighted by Gasteiger charge is -2.08. The van der Waals surface area contributed by atoms with E-state index in [0.29, 0.717) is 29.0 Å². The van der Waals surface area contributed by atoms with Gasteiger partial charge in [0, 0.05) is 24.6 Å². The summed E-state index contributed by atoms with van der Waals surface area (Å²) >= 11 is 1.32. The second kappa shape index (κ2) is 6.29. The van der Waals surface area contributed by atoms with Crippen LogP contribution in [0.5, 0.6) is 5.75 Å². The Morgan fingerprint density at radius 3 is 3.00 bits per heavy atom. The highest BCUT2D eigenvalue weighted by molar-refractivity contribution is 7.99. The lowest BCUT2D eigenvalue weighted by atomic mass is 10.3. The normalized spacial score (nSPS) is 10.4. The number of rotatable bonds is 5. The molecule has 0 aliphatic carbocycles. The number of nitrogen functional groups attached to an aromatic ring is 1. The molecule has 8 heteroatoms. The minimum Gasteiger partial charge on any atom is -0.493 e. The zero-order valence-corrected chi connectivity index (χ0v) is 11.6. The minimum atomic E-state index is -0.789. The molecule has 0 radical (unpaired) electrons. The quantitative estimate of drug-likeness (QED) is 0.354. The monoisotopic (exact) mass is 294 g/mol. The number of thioether (sulfide) groups is 1. The molecule has 0 amide bonds. The zero-order chi connectivity index (χ0) is 14.5. The van der Waals surface area contributed by atoms with Gasteiger partial charge >= 0.3 is 11.1 Å².